The fourth-order valence-corrected chi connectivity index (χ4v) is 4.15. The first-order valence-corrected chi connectivity index (χ1v) is 11.1. The van der Waals surface area contributed by atoms with E-state index >= 15 is 0 Å². The second-order valence-electron chi connectivity index (χ2n) is 8.80. The van der Waals surface area contributed by atoms with Gasteiger partial charge in [0.2, 0.25) is 0 Å². The molecule has 8 nitrogen and oxygen atoms in total. The first-order chi connectivity index (χ1) is 16.0. The summed E-state index contributed by atoms with van der Waals surface area (Å²) in [4.78, 5) is 39.6. The van der Waals surface area contributed by atoms with Gasteiger partial charge in [0.05, 0.1) is 29.5 Å². The minimum atomic E-state index is -4.82. The predicted molar refractivity (Wildman–Crippen MR) is 114 cm³/mol. The van der Waals surface area contributed by atoms with Crippen molar-refractivity contribution >= 4 is 23.8 Å². The average molecular weight is 481 g/mol. The summed E-state index contributed by atoms with van der Waals surface area (Å²) >= 11 is 0. The third-order valence-electron chi connectivity index (χ3n) is 6.07. The van der Waals surface area contributed by atoms with Crippen LogP contribution in [0, 0.1) is 11.3 Å². The zero-order valence-corrected chi connectivity index (χ0v) is 19.0. The third-order valence-corrected chi connectivity index (χ3v) is 6.07. The number of halogens is 3. The van der Waals surface area contributed by atoms with Crippen LogP contribution in [0.1, 0.15) is 63.5 Å². The molecule has 1 aliphatic heterocycles. The number of alkyl halides is 3. The number of nitrogens with zero attached hydrogens (tertiary/aromatic N) is 3. The fourth-order valence-electron chi connectivity index (χ4n) is 4.15. The average Bonchev–Trinajstić information content (AvgIpc) is 3.33. The molecule has 0 atom stereocenters. The Kier molecular flexibility index (Phi) is 7.38. The SMILES string of the molecule is CC1(C)C(=O)N(c2ccc(C#N)c(C(F)(F)F)c2)C(=O)N1CCCCOC(=O)OC1CCCC1. The molecule has 2 fully saturated rings. The molecule has 0 aromatic heterocycles. The van der Waals surface area contributed by atoms with Crippen LogP contribution in [0.5, 0.6) is 0 Å². The van der Waals surface area contributed by atoms with E-state index < -0.39 is 40.9 Å². The van der Waals surface area contributed by atoms with E-state index in [2.05, 4.69) is 0 Å². The number of hydrogen-bond acceptors (Lipinski definition) is 6. The Bertz CT molecular complexity index is 997. The highest BCUT2D eigenvalue weighted by Crippen LogP contribution is 2.37. The molecule has 11 heteroatoms. The number of benzene rings is 1. The van der Waals surface area contributed by atoms with E-state index in [1.54, 1.807) is 0 Å². The Labute approximate surface area is 195 Å². The van der Waals surface area contributed by atoms with Crippen molar-refractivity contribution in [2.24, 2.45) is 0 Å². The number of carbonyl (C=O) groups excluding carboxylic acids is 3. The van der Waals surface area contributed by atoms with Crippen LogP contribution in [0.3, 0.4) is 0 Å². The van der Waals surface area contributed by atoms with Gasteiger partial charge >= 0.3 is 18.4 Å². The third kappa shape index (κ3) is 5.26. The van der Waals surface area contributed by atoms with Crippen molar-refractivity contribution in [3.05, 3.63) is 29.3 Å². The van der Waals surface area contributed by atoms with Gasteiger partial charge in [-0.25, -0.2) is 14.5 Å². The number of urea groups is 1. The summed E-state index contributed by atoms with van der Waals surface area (Å²) in [7, 11) is 0. The van der Waals surface area contributed by atoms with E-state index in [0.29, 0.717) is 23.8 Å². The Hall–Kier alpha value is -3.29. The molecule has 34 heavy (non-hydrogen) atoms. The first-order valence-electron chi connectivity index (χ1n) is 11.1. The molecule has 1 aliphatic carbocycles. The predicted octanol–water partition coefficient (Wildman–Crippen LogP) is 5.00. The Balaban J connectivity index is 1.61. The number of ether oxygens (including phenoxy) is 2. The number of imide groups is 1. The van der Waals surface area contributed by atoms with Gasteiger partial charge in [0.1, 0.15) is 11.6 Å². The van der Waals surface area contributed by atoms with Crippen LogP contribution in [0.15, 0.2) is 18.2 Å². The van der Waals surface area contributed by atoms with Gasteiger partial charge in [0.25, 0.3) is 5.91 Å². The van der Waals surface area contributed by atoms with Gasteiger partial charge in [-0.1, -0.05) is 0 Å². The highest BCUT2D eigenvalue weighted by Gasteiger charge is 2.51. The molecule has 3 rings (SSSR count). The molecule has 0 bridgehead atoms. The van der Waals surface area contributed by atoms with E-state index in [-0.39, 0.29) is 24.9 Å². The van der Waals surface area contributed by atoms with Gasteiger partial charge in [-0.2, -0.15) is 18.4 Å². The molecular weight excluding hydrogens is 455 g/mol. The number of unbranched alkanes of at least 4 members (excludes halogenated alkanes) is 1. The van der Waals surface area contributed by atoms with Gasteiger partial charge in [0.15, 0.2) is 0 Å². The summed E-state index contributed by atoms with van der Waals surface area (Å²) in [6.07, 6.45) is -1.15. The lowest BCUT2D eigenvalue weighted by molar-refractivity contribution is -0.137. The van der Waals surface area contributed by atoms with Crippen LogP contribution in [0.25, 0.3) is 0 Å². The van der Waals surface area contributed by atoms with E-state index in [1.165, 1.54) is 24.8 Å². The zero-order valence-electron chi connectivity index (χ0n) is 19.0. The van der Waals surface area contributed by atoms with Gasteiger partial charge < -0.3 is 14.4 Å². The molecule has 1 saturated carbocycles. The summed E-state index contributed by atoms with van der Waals surface area (Å²) in [5.41, 5.74) is -3.36. The number of hydrogen-bond donors (Lipinski definition) is 0. The molecule has 1 aromatic carbocycles. The summed E-state index contributed by atoms with van der Waals surface area (Å²) in [6, 6.07) is 3.44. The standard InChI is InChI=1S/C23H26F3N3O5/c1-22(2)19(30)29(16-10-9-15(14-27)18(13-16)23(24,25)26)20(31)28(22)11-5-6-12-33-21(32)34-17-7-3-4-8-17/h9-10,13,17H,3-8,11-12H2,1-2H3. The molecule has 1 heterocycles. The maximum atomic E-state index is 13.3. The molecule has 1 aromatic rings. The molecule has 1 saturated heterocycles. The number of carbonyl (C=O) groups is 3. The highest BCUT2D eigenvalue weighted by atomic mass is 19.4. The minimum absolute atomic E-state index is 0.0796. The quantitative estimate of drug-likeness (QED) is 0.309. The van der Waals surface area contributed by atoms with Crippen molar-refractivity contribution in [1.29, 1.82) is 5.26 Å². The van der Waals surface area contributed by atoms with Crippen molar-refractivity contribution in [2.75, 3.05) is 18.1 Å². The summed E-state index contributed by atoms with van der Waals surface area (Å²) < 4.78 is 50.3. The summed E-state index contributed by atoms with van der Waals surface area (Å²) in [5, 5.41) is 8.97. The maximum absolute atomic E-state index is 13.3. The molecule has 0 unspecified atom stereocenters. The Morgan fingerprint density at radius 3 is 2.50 bits per heavy atom. The highest BCUT2D eigenvalue weighted by molar-refractivity contribution is 6.23. The summed E-state index contributed by atoms with van der Waals surface area (Å²) in [6.45, 7) is 3.24. The maximum Gasteiger partial charge on any atom is 0.508 e. The number of amides is 3. The van der Waals surface area contributed by atoms with E-state index in [1.807, 2.05) is 0 Å². The fraction of sp³-hybridized carbons (Fsp3) is 0.565. The van der Waals surface area contributed by atoms with Crippen molar-refractivity contribution in [1.82, 2.24) is 4.90 Å². The smallest absolute Gasteiger partial charge is 0.434 e. The van der Waals surface area contributed by atoms with Gasteiger partial charge in [0, 0.05) is 6.54 Å². The summed E-state index contributed by atoms with van der Waals surface area (Å²) in [5.74, 6) is -0.674. The molecule has 0 spiro atoms. The van der Waals surface area contributed by atoms with Crippen LogP contribution < -0.4 is 4.90 Å². The number of nitriles is 1. The van der Waals surface area contributed by atoms with Gasteiger partial charge in [-0.15, -0.1) is 0 Å². The van der Waals surface area contributed by atoms with Crippen molar-refractivity contribution in [3.8, 4) is 6.07 Å². The van der Waals surface area contributed by atoms with Crippen molar-refractivity contribution in [3.63, 3.8) is 0 Å². The lowest BCUT2D eigenvalue weighted by atomic mass is 10.0. The van der Waals surface area contributed by atoms with Crippen LogP contribution in [-0.2, 0) is 20.4 Å². The van der Waals surface area contributed by atoms with Gasteiger partial charge in [-0.3, -0.25) is 4.79 Å². The molecule has 2 aliphatic rings. The second kappa shape index (κ2) is 9.91. The van der Waals surface area contributed by atoms with E-state index in [0.717, 1.165) is 37.8 Å². The molecule has 184 valence electrons. The van der Waals surface area contributed by atoms with Crippen molar-refractivity contribution < 1.29 is 37.0 Å². The van der Waals surface area contributed by atoms with E-state index in [9.17, 15) is 27.6 Å². The second-order valence-corrected chi connectivity index (χ2v) is 8.80. The van der Waals surface area contributed by atoms with E-state index in [4.69, 9.17) is 14.7 Å². The molecular formula is C23H26F3N3O5. The Morgan fingerprint density at radius 1 is 1.21 bits per heavy atom. The Morgan fingerprint density at radius 2 is 1.88 bits per heavy atom. The number of anilines is 1. The van der Waals surface area contributed by atoms with Crippen molar-refractivity contribution in [2.45, 2.75) is 70.2 Å². The topological polar surface area (TPSA) is 99.9 Å². The van der Waals surface area contributed by atoms with Crippen LogP contribution in [-0.4, -0.2) is 47.8 Å². The monoisotopic (exact) mass is 481 g/mol. The number of rotatable bonds is 7. The molecule has 3 amide bonds. The lowest BCUT2D eigenvalue weighted by Gasteiger charge is -2.27. The largest absolute Gasteiger partial charge is 0.508 e. The van der Waals surface area contributed by atoms with Gasteiger partial charge in [-0.05, 0) is 70.6 Å². The van der Waals surface area contributed by atoms with Crippen LogP contribution in [0.2, 0.25) is 0 Å². The first kappa shape index (κ1) is 25.3. The molecule has 0 radical (unpaired) electrons. The molecule has 0 N–H and O–H groups in total. The van der Waals surface area contributed by atoms with Crippen LogP contribution in [0.4, 0.5) is 28.4 Å². The minimum Gasteiger partial charge on any atom is -0.434 e. The zero-order chi connectivity index (χ0) is 25.1. The normalized spacial score (nSPS) is 18.4. The lowest BCUT2D eigenvalue weighted by Crippen LogP contribution is -2.44. The van der Waals surface area contributed by atoms with Crippen LogP contribution >= 0.6 is 0 Å².